The van der Waals surface area contributed by atoms with E-state index in [9.17, 15) is 9.59 Å². The van der Waals surface area contributed by atoms with Gasteiger partial charge in [-0.05, 0) is 84.9 Å². The molecule has 8 nitrogen and oxygen atoms in total. The van der Waals surface area contributed by atoms with E-state index in [-0.39, 0.29) is 5.78 Å². The molecule has 0 fully saturated rings. The number of benzene rings is 5. The third kappa shape index (κ3) is 4.85. The number of oxime groups is 1. The van der Waals surface area contributed by atoms with E-state index in [4.69, 9.17) is 4.84 Å². The van der Waals surface area contributed by atoms with Crippen molar-refractivity contribution in [1.82, 2.24) is 15.3 Å². The monoisotopic (exact) mass is 565 g/mol. The van der Waals surface area contributed by atoms with Crippen LogP contribution in [0, 0.1) is 0 Å². The van der Waals surface area contributed by atoms with E-state index in [1.54, 1.807) is 7.05 Å². The van der Waals surface area contributed by atoms with Gasteiger partial charge < -0.3 is 25.4 Å². The van der Waals surface area contributed by atoms with Gasteiger partial charge in [-0.25, -0.2) is 4.79 Å². The van der Waals surface area contributed by atoms with Crippen LogP contribution in [0.3, 0.4) is 0 Å². The fourth-order valence-electron chi connectivity index (χ4n) is 5.50. The molecule has 7 aromatic rings. The number of aromatic nitrogens is 2. The lowest BCUT2D eigenvalue weighted by Gasteiger charge is -2.08. The predicted octanol–water partition coefficient (Wildman–Crippen LogP) is 7.37. The van der Waals surface area contributed by atoms with Crippen LogP contribution in [0.1, 0.15) is 28.4 Å². The van der Waals surface area contributed by atoms with Gasteiger partial charge in [-0.15, -0.1) is 0 Å². The molecule has 2 aromatic heterocycles. The molecule has 4 N–H and O–H groups in total. The summed E-state index contributed by atoms with van der Waals surface area (Å²) in [4.78, 5) is 36.4. The van der Waals surface area contributed by atoms with Gasteiger partial charge in [0, 0.05) is 85.6 Å². The number of para-hydroxylation sites is 1. The van der Waals surface area contributed by atoms with Crippen molar-refractivity contribution in [3.05, 3.63) is 120 Å². The highest BCUT2D eigenvalue weighted by Gasteiger charge is 2.14. The van der Waals surface area contributed by atoms with Crippen molar-refractivity contribution in [2.75, 3.05) is 12.4 Å². The Morgan fingerprint density at radius 2 is 1.19 bits per heavy atom. The minimum Gasteiger partial charge on any atom is -0.370 e. The van der Waals surface area contributed by atoms with Gasteiger partial charge in [0.15, 0.2) is 11.6 Å². The fourth-order valence-corrected chi connectivity index (χ4v) is 5.50. The van der Waals surface area contributed by atoms with Crippen LogP contribution < -0.4 is 10.6 Å². The van der Waals surface area contributed by atoms with Crippen LogP contribution in [-0.2, 0) is 9.63 Å². The number of anilines is 2. The molecule has 0 amide bonds. The average Bonchev–Trinajstić information content (AvgIpc) is 3.58. The Balaban J connectivity index is 1.15. The van der Waals surface area contributed by atoms with E-state index in [0.29, 0.717) is 17.0 Å². The second kappa shape index (κ2) is 10.5. The molecule has 0 aliphatic carbocycles. The van der Waals surface area contributed by atoms with Gasteiger partial charge in [-0.1, -0.05) is 23.4 Å². The van der Waals surface area contributed by atoms with E-state index in [1.165, 1.54) is 12.3 Å². The summed E-state index contributed by atoms with van der Waals surface area (Å²) >= 11 is 0. The van der Waals surface area contributed by atoms with E-state index in [0.717, 1.165) is 55.2 Å². The molecule has 5 aromatic carbocycles. The van der Waals surface area contributed by atoms with Crippen LogP contribution in [0.4, 0.5) is 11.4 Å². The number of amidine groups is 1. The molecule has 0 saturated heterocycles. The molecule has 0 atom stereocenters. The number of hydrogen-bond acceptors (Lipinski definition) is 5. The predicted molar refractivity (Wildman–Crippen MR) is 172 cm³/mol. The Kier molecular flexibility index (Phi) is 6.36. The summed E-state index contributed by atoms with van der Waals surface area (Å²) in [6.07, 6.45) is 0. The Morgan fingerprint density at radius 3 is 1.88 bits per heavy atom. The van der Waals surface area contributed by atoms with Crippen LogP contribution in [0.25, 0.3) is 43.6 Å². The number of nitrogens with zero attached hydrogens (tertiary/aromatic N) is 1. The van der Waals surface area contributed by atoms with Crippen LogP contribution in [0.5, 0.6) is 0 Å². The zero-order chi connectivity index (χ0) is 29.5. The standard InChI is InChI=1S/C35H27N5O3/c1-20(41)43-40-35(36-2)23-10-15-32-28(18-23)27-17-22(9-14-31(27)39-32)34(42)21-7-11-24(12-8-21)37-25-13-16-33-29(19-25)26-5-3-4-6-30(26)38-33/h3-19,37-39H,1-2H3,(H,36,40). The van der Waals surface area contributed by atoms with Gasteiger partial charge in [-0.2, -0.15) is 0 Å². The third-order valence-electron chi connectivity index (χ3n) is 7.58. The molecular weight excluding hydrogens is 538 g/mol. The fraction of sp³-hybridized carbons (Fsp3) is 0.0571. The maximum absolute atomic E-state index is 13.5. The molecule has 0 unspecified atom stereocenters. The smallest absolute Gasteiger partial charge is 0.332 e. The minimum absolute atomic E-state index is 0.0634. The summed E-state index contributed by atoms with van der Waals surface area (Å²) < 4.78 is 0. The first kappa shape index (κ1) is 26.0. The second-order valence-electron chi connectivity index (χ2n) is 10.4. The Labute approximate surface area is 246 Å². The summed E-state index contributed by atoms with van der Waals surface area (Å²) in [5.74, 6) is -0.139. The highest BCUT2D eigenvalue weighted by molar-refractivity contribution is 6.15. The maximum Gasteiger partial charge on any atom is 0.332 e. The van der Waals surface area contributed by atoms with Crippen molar-refractivity contribution in [3.8, 4) is 0 Å². The van der Waals surface area contributed by atoms with Gasteiger partial charge in [0.1, 0.15) is 0 Å². The molecule has 0 aliphatic heterocycles. The van der Waals surface area contributed by atoms with Crippen molar-refractivity contribution in [2.45, 2.75) is 6.92 Å². The second-order valence-corrected chi connectivity index (χ2v) is 10.4. The Hall–Kier alpha value is -5.89. The Morgan fingerprint density at radius 1 is 0.628 bits per heavy atom. The van der Waals surface area contributed by atoms with Gasteiger partial charge in [0.05, 0.1) is 0 Å². The van der Waals surface area contributed by atoms with Crippen LogP contribution in [0.2, 0.25) is 0 Å². The lowest BCUT2D eigenvalue weighted by Crippen LogP contribution is -2.20. The van der Waals surface area contributed by atoms with Crippen molar-refractivity contribution in [1.29, 1.82) is 0 Å². The zero-order valence-corrected chi connectivity index (χ0v) is 23.5. The number of hydrogen-bond donors (Lipinski definition) is 4. The molecule has 43 heavy (non-hydrogen) atoms. The summed E-state index contributed by atoms with van der Waals surface area (Å²) in [5, 5.41) is 14.5. The van der Waals surface area contributed by atoms with E-state index < -0.39 is 5.97 Å². The normalized spacial score (nSPS) is 11.8. The minimum atomic E-state index is -0.500. The highest BCUT2D eigenvalue weighted by atomic mass is 16.7. The van der Waals surface area contributed by atoms with Gasteiger partial charge in [0.2, 0.25) is 0 Å². The van der Waals surface area contributed by atoms with Gasteiger partial charge in [-0.3, -0.25) is 4.79 Å². The maximum atomic E-state index is 13.5. The first-order chi connectivity index (χ1) is 21.0. The summed E-state index contributed by atoms with van der Waals surface area (Å²) in [6, 6.07) is 33.5. The molecule has 0 aliphatic rings. The van der Waals surface area contributed by atoms with Gasteiger partial charge in [0.25, 0.3) is 0 Å². The molecule has 8 heteroatoms. The van der Waals surface area contributed by atoms with Crippen LogP contribution in [-0.4, -0.2) is 34.6 Å². The van der Waals surface area contributed by atoms with Crippen LogP contribution >= 0.6 is 0 Å². The number of rotatable bonds is 6. The number of carbonyl (C=O) groups excluding carboxylic acids is 2. The summed E-state index contributed by atoms with van der Waals surface area (Å²) in [7, 11) is 1.71. The average molecular weight is 566 g/mol. The first-order valence-corrected chi connectivity index (χ1v) is 13.9. The van der Waals surface area contributed by atoms with Crippen LogP contribution in [0.15, 0.2) is 108 Å². The number of ketones is 1. The quantitative estimate of drug-likeness (QED) is 0.0553. The van der Waals surface area contributed by atoms with E-state index in [1.807, 2.05) is 78.9 Å². The van der Waals surface area contributed by atoms with Crippen molar-refractivity contribution < 1.29 is 14.4 Å². The first-order valence-electron chi connectivity index (χ1n) is 13.9. The number of nitrogens with one attached hydrogen (secondary N) is 4. The summed E-state index contributed by atoms with van der Waals surface area (Å²) in [6.45, 7) is 1.30. The number of aromatic amines is 2. The molecule has 0 bridgehead atoms. The lowest BCUT2D eigenvalue weighted by atomic mass is 10.0. The van der Waals surface area contributed by atoms with Crippen molar-refractivity contribution in [3.63, 3.8) is 0 Å². The highest BCUT2D eigenvalue weighted by Crippen LogP contribution is 2.30. The van der Waals surface area contributed by atoms with E-state index >= 15 is 0 Å². The number of H-pyrrole nitrogens is 2. The molecule has 2 heterocycles. The molecule has 0 saturated carbocycles. The van der Waals surface area contributed by atoms with E-state index in [2.05, 4.69) is 50.0 Å². The molecule has 210 valence electrons. The molecule has 7 rings (SSSR count). The van der Waals surface area contributed by atoms with Crippen molar-refractivity contribution >= 4 is 72.6 Å². The third-order valence-corrected chi connectivity index (χ3v) is 7.58. The topological polar surface area (TPSA) is 111 Å². The van der Waals surface area contributed by atoms with Crippen molar-refractivity contribution in [2.24, 2.45) is 5.16 Å². The molecular formula is C35H27N5O3. The zero-order valence-electron chi connectivity index (χ0n) is 23.5. The SMILES string of the molecule is CNC(=NOC(C)=O)c1ccc2[nH]c3ccc(C(=O)c4ccc(Nc5ccc6[nH]c7ccccc7c6c5)cc4)cc3c2c1. The van der Waals surface area contributed by atoms with Gasteiger partial charge >= 0.3 is 5.97 Å². The molecule has 0 radical (unpaired) electrons. The lowest BCUT2D eigenvalue weighted by molar-refractivity contribution is -0.140. The largest absolute Gasteiger partial charge is 0.370 e. The Bertz CT molecular complexity index is 2220. The number of carbonyl (C=O) groups is 2. The molecule has 0 spiro atoms. The number of fused-ring (bicyclic) bond motifs is 6. The summed E-state index contributed by atoms with van der Waals surface area (Å²) in [5.41, 5.74) is 7.85.